The highest BCUT2D eigenvalue weighted by Crippen LogP contribution is 2.68. The van der Waals surface area contributed by atoms with Crippen LogP contribution >= 0.6 is 0 Å². The van der Waals surface area contributed by atoms with E-state index < -0.39 is 6.10 Å². The van der Waals surface area contributed by atoms with Crippen LogP contribution < -0.4 is 11.1 Å². The molecule has 0 aromatic carbocycles. The second-order valence-corrected chi connectivity index (χ2v) is 13.1. The molecule has 4 saturated carbocycles. The van der Waals surface area contributed by atoms with Crippen molar-refractivity contribution in [3.8, 4) is 0 Å². The number of nitrogens with two attached hydrogens (primary N) is 1. The Morgan fingerprint density at radius 3 is 2.60 bits per heavy atom. The molecule has 5 rings (SSSR count). The number of β-amino-alcohol motifs (C(OH)–C–C–N with tert-alkyl or cyclic N) is 1. The second-order valence-electron chi connectivity index (χ2n) is 13.1. The summed E-state index contributed by atoms with van der Waals surface area (Å²) in [5.41, 5.74) is 7.51. The summed E-state index contributed by atoms with van der Waals surface area (Å²) in [7, 11) is 1.73. The van der Waals surface area contributed by atoms with E-state index in [1.165, 1.54) is 6.42 Å². The number of piperidine rings is 1. The van der Waals surface area contributed by atoms with Gasteiger partial charge in [0.25, 0.3) is 0 Å². The van der Waals surface area contributed by atoms with Crippen LogP contribution in [0.2, 0.25) is 0 Å². The smallest absolute Gasteiger partial charge is 0.410 e. The van der Waals surface area contributed by atoms with E-state index in [9.17, 15) is 14.7 Å². The molecule has 1 saturated heterocycles. The summed E-state index contributed by atoms with van der Waals surface area (Å²) < 4.78 is 5.99. The first kappa shape index (κ1) is 25.3. The molecule has 9 atom stereocenters. The summed E-state index contributed by atoms with van der Waals surface area (Å²) in [5.74, 6) is 2.23. The van der Waals surface area contributed by atoms with Crippen molar-refractivity contribution in [3.63, 3.8) is 0 Å². The third kappa shape index (κ3) is 4.09. The minimum atomic E-state index is -0.423. The van der Waals surface area contributed by atoms with Crippen molar-refractivity contribution in [2.75, 3.05) is 20.1 Å². The molecule has 4 N–H and O–H groups in total. The van der Waals surface area contributed by atoms with Gasteiger partial charge in [-0.2, -0.15) is 0 Å². The van der Waals surface area contributed by atoms with Crippen LogP contribution in [0.3, 0.4) is 0 Å². The Balaban J connectivity index is 1.26. The minimum Gasteiger partial charge on any atom is -0.446 e. The van der Waals surface area contributed by atoms with E-state index in [0.29, 0.717) is 43.2 Å². The Labute approximate surface area is 210 Å². The Morgan fingerprint density at radius 2 is 1.86 bits per heavy atom. The summed E-state index contributed by atoms with van der Waals surface area (Å²) in [6.45, 7) is 5.96. The lowest BCUT2D eigenvalue weighted by molar-refractivity contribution is -0.140. The summed E-state index contributed by atoms with van der Waals surface area (Å²) >= 11 is 0. The normalized spacial score (nSPS) is 47.3. The van der Waals surface area contributed by atoms with E-state index in [1.54, 1.807) is 11.9 Å². The molecule has 7 nitrogen and oxygen atoms in total. The highest BCUT2D eigenvalue weighted by atomic mass is 16.6. The molecule has 1 heterocycles. The Morgan fingerprint density at radius 1 is 1.06 bits per heavy atom. The minimum absolute atomic E-state index is 0.0136. The number of carbonyl (C=O) groups is 2. The zero-order chi connectivity index (χ0) is 25.0. The predicted molar refractivity (Wildman–Crippen MR) is 134 cm³/mol. The predicted octanol–water partition coefficient (Wildman–Crippen LogP) is 3.82. The summed E-state index contributed by atoms with van der Waals surface area (Å²) in [6.07, 6.45) is 11.2. The number of carbonyl (C=O) groups excluding carboxylic acids is 2. The first-order valence-electron chi connectivity index (χ1n) is 14.2. The third-order valence-electron chi connectivity index (χ3n) is 11.8. The second kappa shape index (κ2) is 9.20. The Kier molecular flexibility index (Phi) is 6.65. The SMILES string of the molecule is CNC(=O)C[C@H]1CC[C@]2(N)[C@@H]3CC[C@@H]4C[C@@H](OC(=O)N5CCCC(O)C5)CC[C@]4(C)[C@H]3CC[C@]12C. The van der Waals surface area contributed by atoms with Gasteiger partial charge in [-0.25, -0.2) is 4.79 Å². The number of fused-ring (bicyclic) bond motifs is 5. The molecule has 1 unspecified atom stereocenters. The molecule has 5 fully saturated rings. The number of ether oxygens (including phenoxy) is 1. The summed E-state index contributed by atoms with van der Waals surface area (Å²) in [5, 5.41) is 12.8. The van der Waals surface area contributed by atoms with Crippen LogP contribution in [-0.2, 0) is 9.53 Å². The molecule has 0 radical (unpaired) electrons. The fourth-order valence-corrected chi connectivity index (χ4v) is 9.50. The van der Waals surface area contributed by atoms with Gasteiger partial charge in [0.05, 0.1) is 6.10 Å². The molecule has 2 amide bonds. The van der Waals surface area contributed by atoms with E-state index in [0.717, 1.165) is 64.2 Å². The number of nitrogens with one attached hydrogen (secondary N) is 1. The van der Waals surface area contributed by atoms with Gasteiger partial charge in [0, 0.05) is 32.1 Å². The van der Waals surface area contributed by atoms with Gasteiger partial charge in [0.1, 0.15) is 6.10 Å². The van der Waals surface area contributed by atoms with E-state index in [2.05, 4.69) is 19.2 Å². The van der Waals surface area contributed by atoms with Crippen molar-refractivity contribution in [1.82, 2.24) is 10.2 Å². The molecule has 1 aliphatic heterocycles. The van der Waals surface area contributed by atoms with Crippen molar-refractivity contribution in [3.05, 3.63) is 0 Å². The summed E-state index contributed by atoms with van der Waals surface area (Å²) in [6, 6.07) is 0. The molecule has 5 aliphatic rings. The fourth-order valence-electron chi connectivity index (χ4n) is 9.50. The van der Waals surface area contributed by atoms with Crippen LogP contribution in [0.4, 0.5) is 4.79 Å². The zero-order valence-electron chi connectivity index (χ0n) is 22.1. The van der Waals surface area contributed by atoms with Gasteiger partial charge >= 0.3 is 6.09 Å². The van der Waals surface area contributed by atoms with Gasteiger partial charge in [-0.15, -0.1) is 0 Å². The molecule has 0 aromatic rings. The number of aliphatic hydroxyl groups excluding tert-OH is 1. The molecule has 0 bridgehead atoms. The van der Waals surface area contributed by atoms with Crippen LogP contribution in [0, 0.1) is 34.5 Å². The highest BCUT2D eigenvalue weighted by molar-refractivity contribution is 5.76. The van der Waals surface area contributed by atoms with Gasteiger partial charge in [-0.3, -0.25) is 4.79 Å². The molecular formula is C28H47N3O4. The van der Waals surface area contributed by atoms with Crippen LogP contribution in [0.5, 0.6) is 0 Å². The maximum Gasteiger partial charge on any atom is 0.410 e. The summed E-state index contributed by atoms with van der Waals surface area (Å²) in [4.78, 5) is 26.7. The number of hydrogen-bond donors (Lipinski definition) is 3. The quantitative estimate of drug-likeness (QED) is 0.559. The lowest BCUT2D eigenvalue weighted by Crippen LogP contribution is -2.66. The van der Waals surface area contributed by atoms with Crippen LogP contribution in [0.15, 0.2) is 0 Å². The standard InChI is InChI=1S/C28H47N3O4/c1-26-11-9-21(35-25(34)31-14-4-5-20(32)17-31)15-18(26)6-7-23-22(26)10-12-27(2)19(16-24(33)30-3)8-13-28(23,27)29/h18-23,32H,4-17,29H2,1-3H3,(H,30,33)/t18-,19-,20?,21+,22+,23-,26+,27-,28+/m1/s1. The molecule has 7 heteroatoms. The third-order valence-corrected chi connectivity index (χ3v) is 11.8. The Hall–Kier alpha value is -1.34. The van der Waals surface area contributed by atoms with E-state index in [1.807, 2.05) is 0 Å². The topological polar surface area (TPSA) is 105 Å². The van der Waals surface area contributed by atoms with Crippen molar-refractivity contribution in [2.45, 2.75) is 109 Å². The number of hydrogen-bond acceptors (Lipinski definition) is 5. The van der Waals surface area contributed by atoms with Crippen LogP contribution in [0.25, 0.3) is 0 Å². The van der Waals surface area contributed by atoms with E-state index in [-0.39, 0.29) is 34.5 Å². The molecule has 198 valence electrons. The largest absolute Gasteiger partial charge is 0.446 e. The zero-order valence-corrected chi connectivity index (χ0v) is 22.1. The van der Waals surface area contributed by atoms with E-state index >= 15 is 0 Å². The number of aliphatic hydroxyl groups is 1. The molecule has 0 spiro atoms. The lowest BCUT2D eigenvalue weighted by atomic mass is 9.42. The highest BCUT2D eigenvalue weighted by Gasteiger charge is 2.66. The first-order valence-corrected chi connectivity index (χ1v) is 14.2. The van der Waals surface area contributed by atoms with Gasteiger partial charge in [-0.1, -0.05) is 13.8 Å². The number of likely N-dealkylation sites (tertiary alicyclic amines) is 1. The molecule has 0 aromatic heterocycles. The van der Waals surface area contributed by atoms with Gasteiger partial charge < -0.3 is 25.8 Å². The van der Waals surface area contributed by atoms with Gasteiger partial charge in [-0.05, 0) is 105 Å². The lowest BCUT2D eigenvalue weighted by Gasteiger charge is -2.64. The maximum absolute atomic E-state index is 12.8. The number of rotatable bonds is 3. The van der Waals surface area contributed by atoms with Crippen molar-refractivity contribution >= 4 is 12.0 Å². The van der Waals surface area contributed by atoms with Gasteiger partial charge in [0.2, 0.25) is 5.91 Å². The van der Waals surface area contributed by atoms with Crippen LogP contribution in [-0.4, -0.2) is 59.9 Å². The van der Waals surface area contributed by atoms with Crippen LogP contribution in [0.1, 0.15) is 90.9 Å². The van der Waals surface area contributed by atoms with Crippen molar-refractivity contribution in [2.24, 2.45) is 40.2 Å². The fraction of sp³-hybridized carbons (Fsp3) is 0.929. The average molecular weight is 490 g/mol. The van der Waals surface area contributed by atoms with Crippen molar-refractivity contribution in [1.29, 1.82) is 0 Å². The number of amides is 2. The molecule has 35 heavy (non-hydrogen) atoms. The Bertz CT molecular complexity index is 837. The van der Waals surface area contributed by atoms with Gasteiger partial charge in [0.15, 0.2) is 0 Å². The molecule has 4 aliphatic carbocycles. The maximum atomic E-state index is 12.8. The first-order chi connectivity index (χ1) is 16.6. The van der Waals surface area contributed by atoms with E-state index in [4.69, 9.17) is 10.5 Å². The van der Waals surface area contributed by atoms with Crippen molar-refractivity contribution < 1.29 is 19.4 Å². The number of nitrogens with zero attached hydrogens (tertiary/aromatic N) is 1. The monoisotopic (exact) mass is 489 g/mol. The molecular weight excluding hydrogens is 442 g/mol. The average Bonchev–Trinajstić information content (AvgIpc) is 3.09.